The number of allylic oxidation sites excluding steroid dienone is 1. The monoisotopic (exact) mass is 278 g/mol. The molecule has 1 aliphatic heterocycles. The molecule has 1 aliphatic rings. The molecule has 0 aromatic heterocycles. The highest BCUT2D eigenvalue weighted by atomic mass is 19.1. The van der Waals surface area contributed by atoms with Crippen LogP contribution in [0, 0.1) is 5.82 Å². The number of nitrogens with zero attached hydrogens (tertiary/aromatic N) is 2. The lowest BCUT2D eigenvalue weighted by molar-refractivity contribution is 0.0600. The minimum absolute atomic E-state index is 0.249. The molecule has 1 saturated heterocycles. The quantitative estimate of drug-likeness (QED) is 0.794. The number of halogens is 1. The molecule has 4 nitrogen and oxygen atoms in total. The van der Waals surface area contributed by atoms with Crippen LogP contribution in [0.15, 0.2) is 30.5 Å². The van der Waals surface area contributed by atoms with Crippen molar-refractivity contribution in [3.05, 3.63) is 41.9 Å². The van der Waals surface area contributed by atoms with Crippen molar-refractivity contribution in [3.63, 3.8) is 0 Å². The van der Waals surface area contributed by atoms with Crippen molar-refractivity contribution in [2.45, 2.75) is 6.92 Å². The lowest BCUT2D eigenvalue weighted by Crippen LogP contribution is -2.44. The van der Waals surface area contributed by atoms with Gasteiger partial charge in [-0.25, -0.2) is 9.18 Å². The number of rotatable bonds is 3. The third kappa shape index (κ3) is 3.29. The fourth-order valence-corrected chi connectivity index (χ4v) is 2.33. The zero-order valence-corrected chi connectivity index (χ0v) is 11.8. The number of esters is 1. The lowest BCUT2D eigenvalue weighted by Gasteiger charge is -2.35. The molecule has 0 saturated carbocycles. The summed E-state index contributed by atoms with van der Waals surface area (Å²) in [5, 5.41) is 0. The number of piperazine rings is 1. The number of benzene rings is 1. The van der Waals surface area contributed by atoms with Gasteiger partial charge >= 0.3 is 5.97 Å². The summed E-state index contributed by atoms with van der Waals surface area (Å²) in [7, 11) is 1.29. The molecule has 0 radical (unpaired) electrons. The van der Waals surface area contributed by atoms with Gasteiger partial charge in [0.05, 0.1) is 12.7 Å². The molecule has 5 heteroatoms. The third-order valence-corrected chi connectivity index (χ3v) is 3.34. The van der Waals surface area contributed by atoms with Crippen molar-refractivity contribution >= 4 is 11.7 Å². The van der Waals surface area contributed by atoms with Gasteiger partial charge in [0.2, 0.25) is 0 Å². The fourth-order valence-electron chi connectivity index (χ4n) is 2.33. The fraction of sp³-hybridized carbons (Fsp3) is 0.400. The van der Waals surface area contributed by atoms with Gasteiger partial charge in [-0.05, 0) is 31.3 Å². The van der Waals surface area contributed by atoms with E-state index >= 15 is 0 Å². The van der Waals surface area contributed by atoms with E-state index in [-0.39, 0.29) is 5.56 Å². The number of anilines is 1. The molecule has 1 aromatic carbocycles. The first-order chi connectivity index (χ1) is 9.63. The van der Waals surface area contributed by atoms with Crippen molar-refractivity contribution in [3.8, 4) is 0 Å². The summed E-state index contributed by atoms with van der Waals surface area (Å²) in [4.78, 5) is 15.8. The minimum Gasteiger partial charge on any atom is -0.465 e. The van der Waals surface area contributed by atoms with Gasteiger partial charge in [0.25, 0.3) is 0 Å². The van der Waals surface area contributed by atoms with Gasteiger partial charge in [0.1, 0.15) is 5.82 Å². The number of carbonyl (C=O) groups is 1. The van der Waals surface area contributed by atoms with Crippen LogP contribution in [-0.2, 0) is 4.74 Å². The Bertz CT molecular complexity index is 509. The Hall–Kier alpha value is -2.04. The van der Waals surface area contributed by atoms with Crippen LogP contribution >= 0.6 is 0 Å². The van der Waals surface area contributed by atoms with E-state index in [9.17, 15) is 9.18 Å². The van der Waals surface area contributed by atoms with Crippen LogP contribution in [0.1, 0.15) is 17.3 Å². The average molecular weight is 278 g/mol. The Labute approximate surface area is 118 Å². The molecule has 0 unspecified atom stereocenters. The number of hydrogen-bond acceptors (Lipinski definition) is 4. The van der Waals surface area contributed by atoms with Crippen LogP contribution in [0.4, 0.5) is 10.1 Å². The highest BCUT2D eigenvalue weighted by Gasteiger charge is 2.17. The molecule has 20 heavy (non-hydrogen) atoms. The van der Waals surface area contributed by atoms with Crippen molar-refractivity contribution in [1.29, 1.82) is 0 Å². The lowest BCUT2D eigenvalue weighted by atomic mass is 10.1. The molecule has 0 N–H and O–H groups in total. The molecule has 1 heterocycles. The van der Waals surface area contributed by atoms with Gasteiger partial charge in [0, 0.05) is 31.9 Å². The number of hydrogen-bond donors (Lipinski definition) is 0. The van der Waals surface area contributed by atoms with Crippen LogP contribution < -0.4 is 4.90 Å². The Morgan fingerprint density at radius 1 is 1.25 bits per heavy atom. The first-order valence-electron chi connectivity index (χ1n) is 6.64. The van der Waals surface area contributed by atoms with E-state index in [0.29, 0.717) is 0 Å². The summed E-state index contributed by atoms with van der Waals surface area (Å²) in [6, 6.07) is 4.34. The first kappa shape index (κ1) is 14.4. The van der Waals surface area contributed by atoms with E-state index < -0.39 is 11.8 Å². The normalized spacial score (nSPS) is 15.8. The van der Waals surface area contributed by atoms with E-state index in [1.165, 1.54) is 19.2 Å². The maximum atomic E-state index is 13.6. The Morgan fingerprint density at radius 3 is 2.55 bits per heavy atom. The largest absolute Gasteiger partial charge is 0.465 e. The van der Waals surface area contributed by atoms with E-state index in [1.54, 1.807) is 6.07 Å². The summed E-state index contributed by atoms with van der Waals surface area (Å²) < 4.78 is 18.3. The Morgan fingerprint density at radius 2 is 1.95 bits per heavy atom. The van der Waals surface area contributed by atoms with Crippen molar-refractivity contribution in [1.82, 2.24) is 4.90 Å². The second kappa shape index (κ2) is 6.41. The second-order valence-corrected chi connectivity index (χ2v) is 4.70. The molecule has 0 amide bonds. The van der Waals surface area contributed by atoms with Crippen LogP contribution in [-0.4, -0.2) is 44.2 Å². The number of methoxy groups -OCH3 is 1. The molecular weight excluding hydrogens is 259 g/mol. The van der Waals surface area contributed by atoms with Gasteiger partial charge in [-0.1, -0.05) is 6.08 Å². The zero-order chi connectivity index (χ0) is 14.5. The molecule has 0 aliphatic carbocycles. The molecule has 108 valence electrons. The zero-order valence-electron chi connectivity index (χ0n) is 11.8. The standard InChI is InChI=1S/C15H19FN2O2/c1-3-4-17-5-7-18(8-6-17)14-10-12(15(19)20-2)9-13(16)11-14/h3-4,9-11H,5-8H2,1-2H3/b4-3+. The summed E-state index contributed by atoms with van der Waals surface area (Å²) in [5.74, 6) is -0.933. The number of carbonyl (C=O) groups excluding carboxylic acids is 1. The molecule has 1 aromatic rings. The second-order valence-electron chi connectivity index (χ2n) is 4.70. The first-order valence-corrected chi connectivity index (χ1v) is 6.64. The van der Waals surface area contributed by atoms with Crippen LogP contribution in [0.2, 0.25) is 0 Å². The van der Waals surface area contributed by atoms with E-state index in [2.05, 4.69) is 20.7 Å². The third-order valence-electron chi connectivity index (χ3n) is 3.34. The topological polar surface area (TPSA) is 32.8 Å². The van der Waals surface area contributed by atoms with Crippen LogP contribution in [0.5, 0.6) is 0 Å². The predicted octanol–water partition coefficient (Wildman–Crippen LogP) is 2.27. The van der Waals surface area contributed by atoms with Crippen LogP contribution in [0.25, 0.3) is 0 Å². The minimum atomic E-state index is -0.515. The van der Waals surface area contributed by atoms with Gasteiger partial charge in [-0.2, -0.15) is 0 Å². The van der Waals surface area contributed by atoms with E-state index in [4.69, 9.17) is 0 Å². The highest BCUT2D eigenvalue weighted by Crippen LogP contribution is 2.21. The van der Waals surface area contributed by atoms with Gasteiger partial charge in [-0.3, -0.25) is 0 Å². The summed E-state index contributed by atoms with van der Waals surface area (Å²) in [6.07, 6.45) is 4.07. The van der Waals surface area contributed by atoms with Gasteiger partial charge in [-0.15, -0.1) is 0 Å². The Balaban J connectivity index is 2.13. The summed E-state index contributed by atoms with van der Waals surface area (Å²) >= 11 is 0. The average Bonchev–Trinajstić information content (AvgIpc) is 2.47. The van der Waals surface area contributed by atoms with E-state index in [0.717, 1.165) is 31.9 Å². The molecular formula is C15H19FN2O2. The summed E-state index contributed by atoms with van der Waals surface area (Å²) in [6.45, 7) is 5.35. The number of ether oxygens (including phenoxy) is 1. The maximum absolute atomic E-state index is 13.6. The van der Waals surface area contributed by atoms with Gasteiger partial charge < -0.3 is 14.5 Å². The summed E-state index contributed by atoms with van der Waals surface area (Å²) in [5.41, 5.74) is 0.976. The molecule has 1 fully saturated rings. The van der Waals surface area contributed by atoms with Crippen molar-refractivity contribution in [2.24, 2.45) is 0 Å². The molecule has 0 atom stereocenters. The van der Waals surface area contributed by atoms with Crippen LogP contribution in [0.3, 0.4) is 0 Å². The maximum Gasteiger partial charge on any atom is 0.338 e. The SMILES string of the molecule is C/C=C/N1CCN(c2cc(F)cc(C(=O)OC)c2)CC1. The molecule has 2 rings (SSSR count). The molecule has 0 bridgehead atoms. The highest BCUT2D eigenvalue weighted by molar-refractivity contribution is 5.90. The Kier molecular flexibility index (Phi) is 4.61. The smallest absolute Gasteiger partial charge is 0.338 e. The van der Waals surface area contributed by atoms with Gasteiger partial charge in [0.15, 0.2) is 0 Å². The molecule has 0 spiro atoms. The van der Waals surface area contributed by atoms with E-state index in [1.807, 2.05) is 13.0 Å². The van der Waals surface area contributed by atoms with Crippen molar-refractivity contribution < 1.29 is 13.9 Å². The predicted molar refractivity (Wildman–Crippen MR) is 76.3 cm³/mol. The van der Waals surface area contributed by atoms with Crippen molar-refractivity contribution in [2.75, 3.05) is 38.2 Å².